The zero-order chi connectivity index (χ0) is 24.5. The lowest BCUT2D eigenvalue weighted by molar-refractivity contribution is -0.179. The fourth-order valence-corrected chi connectivity index (χ4v) is 7.30. The fourth-order valence-electron chi connectivity index (χ4n) is 5.60. The topological polar surface area (TPSA) is 91.9 Å². The van der Waals surface area contributed by atoms with Crippen molar-refractivity contribution in [1.82, 2.24) is 13.5 Å². The van der Waals surface area contributed by atoms with Crippen molar-refractivity contribution in [3.63, 3.8) is 0 Å². The molecule has 35 heavy (non-hydrogen) atoms. The largest absolute Gasteiger partial charge is 0.497 e. The summed E-state index contributed by atoms with van der Waals surface area (Å²) in [6, 6.07) is 7.96. The Balaban J connectivity index is 1.15. The van der Waals surface area contributed by atoms with Crippen LogP contribution in [-0.4, -0.2) is 106 Å². The smallest absolute Gasteiger partial charge is 0.282 e. The van der Waals surface area contributed by atoms with Gasteiger partial charge in [0.15, 0.2) is 5.79 Å². The van der Waals surface area contributed by atoms with Crippen LogP contribution in [0.4, 0.5) is 5.69 Å². The molecule has 1 aromatic carbocycles. The molecule has 4 heterocycles. The lowest BCUT2D eigenvalue weighted by atomic mass is 9.97. The number of carbonyl (C=O) groups excluding carboxylic acids is 1. The monoisotopic (exact) mass is 508 g/mol. The van der Waals surface area contributed by atoms with Gasteiger partial charge in [0.2, 0.25) is 5.91 Å². The van der Waals surface area contributed by atoms with Crippen LogP contribution in [0.15, 0.2) is 24.3 Å². The number of hydrogen-bond acceptors (Lipinski definition) is 7. The molecule has 1 amide bonds. The number of anilines is 1. The Morgan fingerprint density at radius 3 is 2.23 bits per heavy atom. The van der Waals surface area contributed by atoms with Gasteiger partial charge in [-0.2, -0.15) is 17.0 Å². The van der Waals surface area contributed by atoms with Gasteiger partial charge in [-0.3, -0.25) is 4.79 Å². The quantitative estimate of drug-likeness (QED) is 0.589. The molecule has 0 unspecified atom stereocenters. The van der Waals surface area contributed by atoms with Gasteiger partial charge in [0, 0.05) is 70.9 Å². The molecule has 0 aliphatic carbocycles. The number of nitrogens with zero attached hydrogens (tertiary/aromatic N) is 4. The first kappa shape index (κ1) is 24.8. The van der Waals surface area contributed by atoms with Crippen LogP contribution in [0.25, 0.3) is 0 Å². The standard InChI is InChI=1S/C24H36N4O6S/c1-32-22-6-4-21(5-7-22)25-13-15-26(16-14-25)23(29)20-3-2-10-28(19-20)35(30,31)27-11-8-24(9-12-27)33-17-18-34-24/h4-7,20H,2-3,8-19H2,1H3/t20-/m1/s1. The maximum absolute atomic E-state index is 13.4. The summed E-state index contributed by atoms with van der Waals surface area (Å²) in [5.41, 5.74) is 1.12. The van der Waals surface area contributed by atoms with Crippen LogP contribution in [0.3, 0.4) is 0 Å². The lowest BCUT2D eigenvalue weighted by Crippen LogP contribution is -2.56. The number of methoxy groups -OCH3 is 1. The highest BCUT2D eigenvalue weighted by Crippen LogP contribution is 2.33. The number of amides is 1. The second kappa shape index (κ2) is 10.2. The van der Waals surface area contributed by atoms with Gasteiger partial charge in [0.25, 0.3) is 10.2 Å². The van der Waals surface area contributed by atoms with E-state index < -0.39 is 16.0 Å². The molecule has 0 aromatic heterocycles. The van der Waals surface area contributed by atoms with E-state index in [1.165, 1.54) is 8.61 Å². The summed E-state index contributed by atoms with van der Waals surface area (Å²) in [6.07, 6.45) is 2.52. The summed E-state index contributed by atoms with van der Waals surface area (Å²) >= 11 is 0. The van der Waals surface area contributed by atoms with Gasteiger partial charge in [0.1, 0.15) is 5.75 Å². The Hall–Kier alpha value is -1.92. The summed E-state index contributed by atoms with van der Waals surface area (Å²) in [5, 5.41) is 0. The average molecular weight is 509 g/mol. The molecular formula is C24H36N4O6S. The third-order valence-corrected chi connectivity index (χ3v) is 9.71. The number of carbonyl (C=O) groups is 1. The third-order valence-electron chi connectivity index (χ3n) is 7.71. The van der Waals surface area contributed by atoms with E-state index in [0.717, 1.165) is 30.9 Å². The predicted octanol–water partition coefficient (Wildman–Crippen LogP) is 1.14. The Morgan fingerprint density at radius 2 is 1.60 bits per heavy atom. The van der Waals surface area contributed by atoms with Gasteiger partial charge in [0.05, 0.1) is 26.2 Å². The molecule has 0 N–H and O–H groups in total. The Kier molecular flexibility index (Phi) is 7.23. The van der Waals surface area contributed by atoms with Crippen LogP contribution in [0, 0.1) is 5.92 Å². The normalized spacial score (nSPS) is 26.3. The van der Waals surface area contributed by atoms with E-state index in [2.05, 4.69) is 4.90 Å². The van der Waals surface area contributed by atoms with Gasteiger partial charge < -0.3 is 24.0 Å². The van der Waals surface area contributed by atoms with E-state index in [1.54, 1.807) is 7.11 Å². The van der Waals surface area contributed by atoms with Crippen molar-refractivity contribution in [2.24, 2.45) is 5.92 Å². The molecule has 11 heteroatoms. The summed E-state index contributed by atoms with van der Waals surface area (Å²) in [6.45, 7) is 5.41. The van der Waals surface area contributed by atoms with Crippen LogP contribution in [0.5, 0.6) is 5.75 Å². The predicted molar refractivity (Wildman–Crippen MR) is 130 cm³/mol. The molecule has 4 aliphatic heterocycles. The highest BCUT2D eigenvalue weighted by molar-refractivity contribution is 7.86. The number of piperidine rings is 2. The molecule has 4 saturated heterocycles. The number of piperazine rings is 1. The lowest BCUT2D eigenvalue weighted by Gasteiger charge is -2.42. The SMILES string of the molecule is COc1ccc(N2CCN(C(=O)[C@@H]3CCCN(S(=O)(=O)N4CCC5(CC4)OCCO5)C3)CC2)cc1. The van der Waals surface area contributed by atoms with E-state index in [-0.39, 0.29) is 18.4 Å². The van der Waals surface area contributed by atoms with Crippen LogP contribution >= 0.6 is 0 Å². The summed E-state index contributed by atoms with van der Waals surface area (Å²) < 4.78 is 46.5. The second-order valence-electron chi connectivity index (χ2n) is 9.72. The first-order valence-corrected chi connectivity index (χ1v) is 14.0. The number of benzene rings is 1. The fraction of sp³-hybridized carbons (Fsp3) is 0.708. The zero-order valence-corrected chi connectivity index (χ0v) is 21.2. The molecule has 1 aromatic rings. The highest BCUT2D eigenvalue weighted by atomic mass is 32.2. The maximum atomic E-state index is 13.4. The van der Waals surface area contributed by atoms with Gasteiger partial charge in [-0.05, 0) is 37.1 Å². The molecule has 194 valence electrons. The van der Waals surface area contributed by atoms with Gasteiger partial charge in [-0.15, -0.1) is 0 Å². The molecule has 1 spiro atoms. The van der Waals surface area contributed by atoms with E-state index >= 15 is 0 Å². The minimum absolute atomic E-state index is 0.0737. The molecule has 4 aliphatic rings. The van der Waals surface area contributed by atoms with Crippen molar-refractivity contribution in [3.8, 4) is 5.75 Å². The molecule has 5 rings (SSSR count). The molecule has 1 atom stereocenters. The van der Waals surface area contributed by atoms with Crippen LogP contribution in [0.2, 0.25) is 0 Å². The Bertz CT molecular complexity index is 980. The molecule has 10 nitrogen and oxygen atoms in total. The van der Waals surface area contributed by atoms with Crippen molar-refractivity contribution < 1.29 is 27.4 Å². The molecule has 0 bridgehead atoms. The minimum atomic E-state index is -3.61. The number of hydrogen-bond donors (Lipinski definition) is 0. The average Bonchev–Trinajstić information content (AvgIpc) is 3.36. The first-order chi connectivity index (χ1) is 16.9. The summed E-state index contributed by atoms with van der Waals surface area (Å²) in [5.74, 6) is -0.00244. The van der Waals surface area contributed by atoms with Crippen molar-refractivity contribution in [2.45, 2.75) is 31.5 Å². The Morgan fingerprint density at radius 1 is 0.943 bits per heavy atom. The van der Waals surface area contributed by atoms with Gasteiger partial charge in [-0.25, -0.2) is 0 Å². The van der Waals surface area contributed by atoms with E-state index in [0.29, 0.717) is 65.2 Å². The van der Waals surface area contributed by atoms with Crippen molar-refractivity contribution >= 4 is 21.8 Å². The van der Waals surface area contributed by atoms with Crippen LogP contribution in [-0.2, 0) is 24.5 Å². The van der Waals surface area contributed by atoms with Gasteiger partial charge in [-0.1, -0.05) is 0 Å². The summed E-state index contributed by atoms with van der Waals surface area (Å²) in [4.78, 5) is 17.5. The second-order valence-corrected chi connectivity index (χ2v) is 11.7. The number of rotatable bonds is 5. The summed E-state index contributed by atoms with van der Waals surface area (Å²) in [7, 11) is -1.96. The van der Waals surface area contributed by atoms with Crippen LogP contribution in [0.1, 0.15) is 25.7 Å². The highest BCUT2D eigenvalue weighted by Gasteiger charge is 2.45. The first-order valence-electron chi connectivity index (χ1n) is 12.6. The van der Waals surface area contributed by atoms with Crippen LogP contribution < -0.4 is 9.64 Å². The number of ether oxygens (including phenoxy) is 3. The molecule has 0 saturated carbocycles. The zero-order valence-electron chi connectivity index (χ0n) is 20.4. The van der Waals surface area contributed by atoms with Crippen molar-refractivity contribution in [3.05, 3.63) is 24.3 Å². The molecule has 0 radical (unpaired) electrons. The molecule has 4 fully saturated rings. The Labute approximate surface area is 207 Å². The van der Waals surface area contributed by atoms with Gasteiger partial charge >= 0.3 is 0 Å². The maximum Gasteiger partial charge on any atom is 0.282 e. The molecular weight excluding hydrogens is 472 g/mol. The van der Waals surface area contributed by atoms with E-state index in [1.807, 2.05) is 29.2 Å². The van der Waals surface area contributed by atoms with E-state index in [9.17, 15) is 13.2 Å². The van der Waals surface area contributed by atoms with E-state index in [4.69, 9.17) is 14.2 Å². The van der Waals surface area contributed by atoms with Crippen molar-refractivity contribution in [1.29, 1.82) is 0 Å². The third kappa shape index (κ3) is 5.15. The van der Waals surface area contributed by atoms with Crippen molar-refractivity contribution in [2.75, 3.05) is 77.6 Å². The minimum Gasteiger partial charge on any atom is -0.497 e.